The first-order chi connectivity index (χ1) is 9.43. The van der Waals surface area contributed by atoms with Gasteiger partial charge < -0.3 is 21.1 Å². The number of thiocarbonyl (C=S) groups is 1. The highest BCUT2D eigenvalue weighted by atomic mass is 32.1. The number of carbonyl (C=O) groups excluding carboxylic acids is 1. The fraction of sp³-hybridized carbons (Fsp3) is 0.429. The maximum absolute atomic E-state index is 11.7. The zero-order chi connectivity index (χ0) is 15.1. The van der Waals surface area contributed by atoms with Gasteiger partial charge in [-0.2, -0.15) is 0 Å². The Morgan fingerprint density at radius 2 is 2.15 bits per heavy atom. The van der Waals surface area contributed by atoms with E-state index in [9.17, 15) is 4.79 Å². The molecular formula is C14H21N3O2S. The Hall–Kier alpha value is -1.82. The average molecular weight is 295 g/mol. The molecule has 1 amide bonds. The van der Waals surface area contributed by atoms with Gasteiger partial charge >= 0.3 is 0 Å². The van der Waals surface area contributed by atoms with E-state index < -0.39 is 0 Å². The number of hydrogen-bond acceptors (Lipinski definition) is 4. The fourth-order valence-electron chi connectivity index (χ4n) is 1.57. The maximum Gasteiger partial charge on any atom is 0.239 e. The second kappa shape index (κ2) is 7.69. The largest absolute Gasteiger partial charge is 0.497 e. The lowest BCUT2D eigenvalue weighted by Gasteiger charge is -2.13. The standard InChI is InChI=1S/C14H21N3O2S/c1-9(2)7-17-13(18)8-16-12-6-10(19-3)4-5-11(12)14(15)20/h4-6,9,16H,7-8H2,1-3H3,(H2,15,20)(H,17,18). The van der Waals surface area contributed by atoms with Crippen molar-refractivity contribution in [3.8, 4) is 5.75 Å². The molecule has 0 spiro atoms. The highest BCUT2D eigenvalue weighted by Gasteiger charge is 2.09. The lowest BCUT2D eigenvalue weighted by atomic mass is 10.1. The first kappa shape index (κ1) is 16.2. The minimum atomic E-state index is -0.0737. The molecule has 4 N–H and O–H groups in total. The number of amides is 1. The van der Waals surface area contributed by atoms with Crippen LogP contribution in [0.5, 0.6) is 5.75 Å². The van der Waals surface area contributed by atoms with Gasteiger partial charge in [-0.25, -0.2) is 0 Å². The zero-order valence-corrected chi connectivity index (χ0v) is 12.8. The van der Waals surface area contributed by atoms with Crippen molar-refractivity contribution in [2.24, 2.45) is 11.7 Å². The van der Waals surface area contributed by atoms with Crippen molar-refractivity contribution in [3.63, 3.8) is 0 Å². The van der Waals surface area contributed by atoms with Gasteiger partial charge in [-0.1, -0.05) is 26.1 Å². The van der Waals surface area contributed by atoms with E-state index >= 15 is 0 Å². The van der Waals surface area contributed by atoms with Gasteiger partial charge in [0.2, 0.25) is 5.91 Å². The molecule has 0 bridgehead atoms. The third-order valence-electron chi connectivity index (χ3n) is 2.64. The molecule has 0 fully saturated rings. The Bertz CT molecular complexity index is 489. The Kier molecular flexibility index (Phi) is 6.24. The Morgan fingerprint density at radius 1 is 1.45 bits per heavy atom. The first-order valence-corrected chi connectivity index (χ1v) is 6.83. The molecule has 0 aliphatic heterocycles. The van der Waals surface area contributed by atoms with Crippen LogP contribution in [0.25, 0.3) is 0 Å². The number of carbonyl (C=O) groups is 1. The predicted molar refractivity (Wildman–Crippen MR) is 85.2 cm³/mol. The highest BCUT2D eigenvalue weighted by Crippen LogP contribution is 2.22. The lowest BCUT2D eigenvalue weighted by molar-refractivity contribution is -0.119. The monoisotopic (exact) mass is 295 g/mol. The van der Waals surface area contributed by atoms with Gasteiger partial charge in [0.15, 0.2) is 0 Å². The van der Waals surface area contributed by atoms with E-state index in [4.69, 9.17) is 22.7 Å². The van der Waals surface area contributed by atoms with Gasteiger partial charge in [-0.15, -0.1) is 0 Å². The number of anilines is 1. The molecular weight excluding hydrogens is 274 g/mol. The molecule has 0 aliphatic rings. The molecule has 5 nitrogen and oxygen atoms in total. The van der Waals surface area contributed by atoms with E-state index in [1.165, 1.54) is 0 Å². The van der Waals surface area contributed by atoms with E-state index in [1.54, 1.807) is 25.3 Å². The molecule has 0 atom stereocenters. The second-order valence-electron chi connectivity index (χ2n) is 4.83. The SMILES string of the molecule is COc1ccc(C(N)=S)c(NCC(=O)NCC(C)C)c1. The molecule has 1 aromatic carbocycles. The topological polar surface area (TPSA) is 76.4 Å². The number of hydrogen-bond donors (Lipinski definition) is 3. The van der Waals surface area contributed by atoms with Gasteiger partial charge in [0.05, 0.1) is 13.7 Å². The predicted octanol–water partition coefficient (Wildman–Crippen LogP) is 1.51. The number of methoxy groups -OCH3 is 1. The minimum Gasteiger partial charge on any atom is -0.497 e. The minimum absolute atomic E-state index is 0.0737. The van der Waals surface area contributed by atoms with Gasteiger partial charge in [0.25, 0.3) is 0 Å². The average Bonchev–Trinajstić information content (AvgIpc) is 2.42. The smallest absolute Gasteiger partial charge is 0.239 e. The Balaban J connectivity index is 2.70. The molecule has 0 aromatic heterocycles. The molecule has 0 unspecified atom stereocenters. The Morgan fingerprint density at radius 3 is 2.70 bits per heavy atom. The number of rotatable bonds is 7. The molecule has 0 heterocycles. The second-order valence-corrected chi connectivity index (χ2v) is 5.27. The summed E-state index contributed by atoms with van der Waals surface area (Å²) < 4.78 is 5.15. The summed E-state index contributed by atoms with van der Waals surface area (Å²) in [5, 5.41) is 5.87. The van der Waals surface area contributed by atoms with Gasteiger partial charge in [0.1, 0.15) is 10.7 Å². The normalized spacial score (nSPS) is 10.2. The summed E-state index contributed by atoms with van der Waals surface area (Å²) in [6.07, 6.45) is 0. The molecule has 0 saturated heterocycles. The number of benzene rings is 1. The number of nitrogens with two attached hydrogens (primary N) is 1. The summed E-state index contributed by atoms with van der Waals surface area (Å²) in [6, 6.07) is 5.32. The quantitative estimate of drug-likeness (QED) is 0.665. The van der Waals surface area contributed by atoms with Crippen LogP contribution >= 0.6 is 12.2 Å². The van der Waals surface area contributed by atoms with Crippen molar-refractivity contribution in [1.29, 1.82) is 0 Å². The van der Waals surface area contributed by atoms with E-state index in [-0.39, 0.29) is 17.4 Å². The van der Waals surface area contributed by atoms with Crippen LogP contribution in [0.2, 0.25) is 0 Å². The highest BCUT2D eigenvalue weighted by molar-refractivity contribution is 7.80. The molecule has 20 heavy (non-hydrogen) atoms. The van der Waals surface area contributed by atoms with Crippen molar-refractivity contribution in [2.45, 2.75) is 13.8 Å². The molecule has 0 aliphatic carbocycles. The molecule has 110 valence electrons. The van der Waals surface area contributed by atoms with Crippen LogP contribution in [0.15, 0.2) is 18.2 Å². The van der Waals surface area contributed by atoms with Gasteiger partial charge in [0, 0.05) is 23.9 Å². The van der Waals surface area contributed by atoms with Gasteiger partial charge in [-0.3, -0.25) is 4.79 Å². The summed E-state index contributed by atoms with van der Waals surface area (Å²) in [5.74, 6) is 1.02. The molecule has 0 radical (unpaired) electrons. The van der Waals surface area contributed by atoms with Crippen LogP contribution in [0.3, 0.4) is 0 Å². The zero-order valence-electron chi connectivity index (χ0n) is 12.0. The third kappa shape index (κ3) is 5.05. The third-order valence-corrected chi connectivity index (χ3v) is 2.86. The van der Waals surface area contributed by atoms with Crippen LogP contribution in [0.1, 0.15) is 19.4 Å². The maximum atomic E-state index is 11.7. The first-order valence-electron chi connectivity index (χ1n) is 6.42. The number of ether oxygens (including phenoxy) is 1. The van der Waals surface area contributed by atoms with Gasteiger partial charge in [-0.05, 0) is 18.1 Å². The van der Waals surface area contributed by atoms with Crippen molar-refractivity contribution >= 4 is 28.8 Å². The molecule has 1 rings (SSSR count). The summed E-state index contributed by atoms with van der Waals surface area (Å²) in [6.45, 7) is 4.90. The van der Waals surface area contributed by atoms with E-state index in [0.717, 1.165) is 0 Å². The molecule has 6 heteroatoms. The van der Waals surface area contributed by atoms with Crippen molar-refractivity contribution in [2.75, 3.05) is 25.5 Å². The summed E-state index contributed by atoms with van der Waals surface area (Å²) in [7, 11) is 1.58. The van der Waals surface area contributed by atoms with Crippen LogP contribution < -0.4 is 21.1 Å². The van der Waals surface area contributed by atoms with Crippen LogP contribution in [0.4, 0.5) is 5.69 Å². The fourth-order valence-corrected chi connectivity index (χ4v) is 1.75. The molecule has 0 saturated carbocycles. The number of nitrogens with one attached hydrogen (secondary N) is 2. The van der Waals surface area contributed by atoms with E-state index in [0.29, 0.717) is 29.5 Å². The van der Waals surface area contributed by atoms with Crippen molar-refractivity contribution in [3.05, 3.63) is 23.8 Å². The lowest BCUT2D eigenvalue weighted by Crippen LogP contribution is -2.32. The summed E-state index contributed by atoms with van der Waals surface area (Å²) in [4.78, 5) is 12.0. The Labute approximate surface area is 124 Å². The van der Waals surface area contributed by atoms with Crippen LogP contribution in [-0.4, -0.2) is 31.1 Å². The summed E-state index contributed by atoms with van der Waals surface area (Å²) in [5.41, 5.74) is 7.04. The van der Waals surface area contributed by atoms with Crippen molar-refractivity contribution in [1.82, 2.24) is 5.32 Å². The van der Waals surface area contributed by atoms with Crippen LogP contribution in [0, 0.1) is 5.92 Å². The summed E-state index contributed by atoms with van der Waals surface area (Å²) >= 11 is 4.99. The van der Waals surface area contributed by atoms with Crippen molar-refractivity contribution < 1.29 is 9.53 Å². The molecule has 1 aromatic rings. The van der Waals surface area contributed by atoms with Crippen LogP contribution in [-0.2, 0) is 4.79 Å². The van der Waals surface area contributed by atoms with E-state index in [2.05, 4.69) is 10.6 Å². The van der Waals surface area contributed by atoms with E-state index in [1.807, 2.05) is 13.8 Å².